The quantitative estimate of drug-likeness (QED) is 0.602. The molecule has 0 spiro atoms. The molecule has 5 rings (SSSR count). The number of amides is 2. The number of rotatable bonds is 4. The lowest BCUT2D eigenvalue weighted by atomic mass is 10.0. The van der Waals surface area contributed by atoms with E-state index in [-0.39, 0.29) is 24.2 Å². The molecule has 0 radical (unpaired) electrons. The normalized spacial score (nSPS) is 16.0. The summed E-state index contributed by atoms with van der Waals surface area (Å²) >= 11 is 1.84. The molecule has 2 aliphatic rings. The van der Waals surface area contributed by atoms with Gasteiger partial charge in [-0.25, -0.2) is 9.07 Å². The van der Waals surface area contributed by atoms with Crippen molar-refractivity contribution < 1.29 is 14.0 Å². The van der Waals surface area contributed by atoms with Gasteiger partial charge in [-0.2, -0.15) is 11.8 Å². The molecule has 3 heterocycles. The maximum absolute atomic E-state index is 14.7. The second-order valence-corrected chi connectivity index (χ2v) is 8.26. The van der Waals surface area contributed by atoms with Gasteiger partial charge in [0.15, 0.2) is 0 Å². The second kappa shape index (κ2) is 7.53. The average Bonchev–Trinajstić information content (AvgIpc) is 3.34. The van der Waals surface area contributed by atoms with Crippen LogP contribution in [-0.2, 0) is 6.54 Å². The van der Waals surface area contributed by atoms with Crippen molar-refractivity contribution >= 4 is 29.1 Å². The van der Waals surface area contributed by atoms with E-state index < -0.39 is 0 Å². The van der Waals surface area contributed by atoms with Crippen LogP contribution in [-0.4, -0.2) is 43.2 Å². The predicted octanol–water partition coefficient (Wildman–Crippen LogP) is 3.72. The minimum atomic E-state index is -0.348. The molecule has 150 valence electrons. The van der Waals surface area contributed by atoms with Gasteiger partial charge >= 0.3 is 0 Å². The predicted molar refractivity (Wildman–Crippen MR) is 112 cm³/mol. The van der Waals surface area contributed by atoms with E-state index in [4.69, 9.17) is 0 Å². The highest BCUT2D eigenvalue weighted by Crippen LogP contribution is 2.29. The molecule has 0 fully saturated rings. The first-order valence-electron chi connectivity index (χ1n) is 9.55. The van der Waals surface area contributed by atoms with E-state index in [0.717, 1.165) is 28.4 Å². The zero-order valence-corrected chi connectivity index (χ0v) is 16.7. The van der Waals surface area contributed by atoms with Crippen LogP contribution >= 0.6 is 11.8 Å². The van der Waals surface area contributed by atoms with Gasteiger partial charge < -0.3 is 0 Å². The van der Waals surface area contributed by atoms with E-state index >= 15 is 0 Å². The zero-order valence-electron chi connectivity index (χ0n) is 15.9. The zero-order chi connectivity index (χ0) is 20.7. The average molecular weight is 420 g/mol. The molecule has 6 nitrogen and oxygen atoms in total. The lowest BCUT2D eigenvalue weighted by Crippen LogP contribution is -2.29. The number of allylic oxidation sites excluding steroid dienone is 1. The van der Waals surface area contributed by atoms with Crippen molar-refractivity contribution in [1.29, 1.82) is 0 Å². The van der Waals surface area contributed by atoms with E-state index in [1.165, 1.54) is 10.7 Å². The van der Waals surface area contributed by atoms with Crippen molar-refractivity contribution in [2.75, 3.05) is 11.5 Å². The summed E-state index contributed by atoms with van der Waals surface area (Å²) in [5.74, 6) is 0.903. The molecule has 2 aliphatic heterocycles. The largest absolute Gasteiger partial charge is 0.269 e. The van der Waals surface area contributed by atoms with Crippen LogP contribution in [0.3, 0.4) is 0 Å². The van der Waals surface area contributed by atoms with E-state index in [0.29, 0.717) is 28.1 Å². The van der Waals surface area contributed by atoms with Crippen LogP contribution in [0.1, 0.15) is 38.4 Å². The fraction of sp³-hybridized carbons (Fsp3) is 0.182. The molecule has 0 N–H and O–H groups in total. The molecule has 0 bridgehead atoms. The summed E-state index contributed by atoms with van der Waals surface area (Å²) in [5, 5.41) is 8.10. The minimum Gasteiger partial charge on any atom is -0.269 e. The van der Waals surface area contributed by atoms with Gasteiger partial charge in [0.05, 0.1) is 29.6 Å². The summed E-state index contributed by atoms with van der Waals surface area (Å²) in [5.41, 5.74) is 3.41. The first-order chi connectivity index (χ1) is 14.6. The standard InChI is InChI=1S/C22H17FN4O2S/c23-20-11-16(5-6-17(20)14-7-9-30-10-8-14)27-13-15(24-25-27)12-26-21(28)18-3-1-2-4-19(18)22(26)29/h1-7,11,13H,8-10,12H2. The molecule has 3 aromatic rings. The number of halogens is 1. The highest BCUT2D eigenvalue weighted by atomic mass is 32.2. The van der Waals surface area contributed by atoms with Crippen LogP contribution < -0.4 is 0 Å². The maximum atomic E-state index is 14.7. The molecular formula is C22H17FN4O2S. The van der Waals surface area contributed by atoms with E-state index in [2.05, 4.69) is 16.4 Å². The molecule has 1 aromatic heterocycles. The summed E-state index contributed by atoms with van der Waals surface area (Å²) in [6, 6.07) is 11.7. The number of benzene rings is 2. The summed E-state index contributed by atoms with van der Waals surface area (Å²) < 4.78 is 16.2. The first kappa shape index (κ1) is 18.7. The molecule has 0 saturated heterocycles. The van der Waals surface area contributed by atoms with Gasteiger partial charge in [0, 0.05) is 17.4 Å². The van der Waals surface area contributed by atoms with Crippen molar-refractivity contribution in [1.82, 2.24) is 19.9 Å². The van der Waals surface area contributed by atoms with Gasteiger partial charge in [0.1, 0.15) is 11.5 Å². The fourth-order valence-corrected chi connectivity index (χ4v) is 4.57. The number of carbonyl (C=O) groups is 2. The van der Waals surface area contributed by atoms with Crippen LogP contribution in [0.25, 0.3) is 11.3 Å². The summed E-state index contributed by atoms with van der Waals surface area (Å²) in [4.78, 5) is 26.2. The Hall–Kier alpha value is -3.26. The van der Waals surface area contributed by atoms with Crippen LogP contribution in [0, 0.1) is 5.82 Å². The Labute approximate surface area is 176 Å². The fourth-order valence-electron chi connectivity index (χ4n) is 3.72. The smallest absolute Gasteiger partial charge is 0.261 e. The van der Waals surface area contributed by atoms with Crippen molar-refractivity contribution in [3.63, 3.8) is 0 Å². The van der Waals surface area contributed by atoms with E-state index in [1.54, 1.807) is 42.6 Å². The lowest BCUT2D eigenvalue weighted by Gasteiger charge is -2.14. The number of aromatic nitrogens is 3. The Morgan fingerprint density at radius 3 is 2.47 bits per heavy atom. The molecule has 2 amide bonds. The Bertz CT molecular complexity index is 1170. The number of hydrogen-bond acceptors (Lipinski definition) is 5. The van der Waals surface area contributed by atoms with Crippen LogP contribution in [0.4, 0.5) is 4.39 Å². The number of thioether (sulfide) groups is 1. The number of carbonyl (C=O) groups excluding carboxylic acids is 2. The van der Waals surface area contributed by atoms with Crippen molar-refractivity contribution in [2.45, 2.75) is 13.0 Å². The van der Waals surface area contributed by atoms with Gasteiger partial charge in [0.2, 0.25) is 0 Å². The van der Waals surface area contributed by atoms with E-state index in [9.17, 15) is 14.0 Å². The van der Waals surface area contributed by atoms with Gasteiger partial charge in [-0.1, -0.05) is 23.4 Å². The SMILES string of the molecule is O=C1c2ccccc2C(=O)N1Cc1cn(-c2ccc(C3=CCSCC3)c(F)c2)nn1. The molecule has 2 aromatic carbocycles. The highest BCUT2D eigenvalue weighted by Gasteiger charge is 2.35. The Morgan fingerprint density at radius 2 is 1.80 bits per heavy atom. The second-order valence-electron chi connectivity index (χ2n) is 7.11. The molecule has 0 atom stereocenters. The molecule has 0 saturated carbocycles. The Morgan fingerprint density at radius 1 is 1.03 bits per heavy atom. The highest BCUT2D eigenvalue weighted by molar-refractivity contribution is 7.99. The van der Waals surface area contributed by atoms with Crippen molar-refractivity contribution in [3.05, 3.63) is 82.9 Å². The third-order valence-electron chi connectivity index (χ3n) is 5.27. The first-order valence-corrected chi connectivity index (χ1v) is 10.7. The van der Waals surface area contributed by atoms with Crippen LogP contribution in [0.5, 0.6) is 0 Å². The Balaban J connectivity index is 1.36. The summed E-state index contributed by atoms with van der Waals surface area (Å²) in [7, 11) is 0. The van der Waals surface area contributed by atoms with E-state index in [1.807, 2.05) is 11.8 Å². The van der Waals surface area contributed by atoms with Gasteiger partial charge in [-0.05, 0) is 42.0 Å². The molecular weight excluding hydrogens is 403 g/mol. The molecule has 30 heavy (non-hydrogen) atoms. The summed E-state index contributed by atoms with van der Waals surface area (Å²) in [6.07, 6.45) is 4.53. The van der Waals surface area contributed by atoms with Crippen LogP contribution in [0.15, 0.2) is 54.7 Å². The minimum absolute atomic E-state index is 0.0114. The number of nitrogens with zero attached hydrogens (tertiary/aromatic N) is 4. The third-order valence-corrected chi connectivity index (χ3v) is 6.16. The molecule has 0 unspecified atom stereocenters. The van der Waals surface area contributed by atoms with Gasteiger partial charge in [-0.15, -0.1) is 5.10 Å². The summed E-state index contributed by atoms with van der Waals surface area (Å²) in [6.45, 7) is 0.0114. The van der Waals surface area contributed by atoms with Crippen LogP contribution in [0.2, 0.25) is 0 Å². The van der Waals surface area contributed by atoms with Crippen molar-refractivity contribution in [2.24, 2.45) is 0 Å². The maximum Gasteiger partial charge on any atom is 0.261 e. The van der Waals surface area contributed by atoms with Gasteiger partial charge in [0.25, 0.3) is 11.8 Å². The van der Waals surface area contributed by atoms with Crippen molar-refractivity contribution in [3.8, 4) is 5.69 Å². The van der Waals surface area contributed by atoms with Gasteiger partial charge in [-0.3, -0.25) is 14.5 Å². The third kappa shape index (κ3) is 3.23. The topological polar surface area (TPSA) is 68.1 Å². The molecule has 8 heteroatoms. The number of hydrogen-bond donors (Lipinski definition) is 0. The molecule has 0 aliphatic carbocycles. The number of imide groups is 1. The Kier molecular flexibility index (Phi) is 4.71. The lowest BCUT2D eigenvalue weighted by molar-refractivity contribution is 0.0640. The monoisotopic (exact) mass is 420 g/mol. The number of fused-ring (bicyclic) bond motifs is 1.